The molecule has 4 nitrogen and oxygen atoms in total. The molecule has 4 heteroatoms. The topological polar surface area (TPSA) is 69.1 Å². The summed E-state index contributed by atoms with van der Waals surface area (Å²) < 4.78 is 5.57. The molecule has 1 heterocycles. The van der Waals surface area contributed by atoms with E-state index >= 15 is 0 Å². The van der Waals surface area contributed by atoms with E-state index in [4.69, 9.17) is 10.2 Å². The van der Waals surface area contributed by atoms with Crippen LogP contribution in [0, 0.1) is 0 Å². The summed E-state index contributed by atoms with van der Waals surface area (Å²) in [5.74, 6) is 0.456. The van der Waals surface area contributed by atoms with Crippen molar-refractivity contribution >= 4 is 16.8 Å². The van der Waals surface area contributed by atoms with Gasteiger partial charge in [-0.2, -0.15) is 0 Å². The van der Waals surface area contributed by atoms with Crippen molar-refractivity contribution in [3.8, 4) is 11.5 Å². The lowest BCUT2D eigenvalue weighted by Crippen LogP contribution is -2.00. The van der Waals surface area contributed by atoms with Crippen LogP contribution in [0.25, 0.3) is 22.6 Å². The summed E-state index contributed by atoms with van der Waals surface area (Å²) in [6.45, 7) is 0. The van der Waals surface area contributed by atoms with Gasteiger partial charge in [0.05, 0.1) is 5.69 Å². The minimum Gasteiger partial charge on any atom is -0.450 e. The molecule has 0 fully saturated rings. The van der Waals surface area contributed by atoms with Gasteiger partial charge in [-0.3, -0.25) is 4.79 Å². The fourth-order valence-corrected chi connectivity index (χ4v) is 1.65. The maximum absolute atomic E-state index is 11.2. The minimum absolute atomic E-state index is 0.105. The highest BCUT2D eigenvalue weighted by molar-refractivity contribution is 5.86. The first-order valence-electron chi connectivity index (χ1n) is 4.83. The highest BCUT2D eigenvalue weighted by atomic mass is 16.3. The lowest BCUT2D eigenvalue weighted by atomic mass is 10.2. The molecule has 1 aliphatic heterocycles. The molecule has 1 aromatic carbocycles. The van der Waals surface area contributed by atoms with Crippen molar-refractivity contribution in [3.05, 3.63) is 46.6 Å². The predicted octanol–water partition coefficient (Wildman–Crippen LogP) is 1.88. The minimum atomic E-state index is -0.105. The van der Waals surface area contributed by atoms with Crippen LogP contribution in [0.1, 0.15) is 0 Å². The van der Waals surface area contributed by atoms with Crippen molar-refractivity contribution in [1.82, 2.24) is 4.98 Å². The van der Waals surface area contributed by atoms with Gasteiger partial charge >= 0.3 is 0 Å². The number of nitrogens with two attached hydrogens (primary N) is 1. The largest absolute Gasteiger partial charge is 0.450 e. The molecule has 3 rings (SSSR count). The summed E-state index contributed by atoms with van der Waals surface area (Å²) in [4.78, 5) is 15.6. The third-order valence-electron chi connectivity index (χ3n) is 2.41. The van der Waals surface area contributed by atoms with Gasteiger partial charge < -0.3 is 10.2 Å². The van der Waals surface area contributed by atoms with E-state index in [0.717, 1.165) is 0 Å². The Morgan fingerprint density at radius 1 is 1.19 bits per heavy atom. The normalized spacial score (nSPS) is 11.0. The Hall–Kier alpha value is -2.36. The Bertz CT molecular complexity index is 703. The average molecular weight is 212 g/mol. The number of nitrogen functional groups attached to an aromatic ring is 1. The molecule has 1 aromatic rings. The van der Waals surface area contributed by atoms with Crippen LogP contribution < -0.4 is 11.2 Å². The zero-order valence-corrected chi connectivity index (χ0v) is 8.31. The van der Waals surface area contributed by atoms with Crippen molar-refractivity contribution in [1.29, 1.82) is 0 Å². The summed E-state index contributed by atoms with van der Waals surface area (Å²) in [6, 6.07) is 9.88. The Morgan fingerprint density at radius 3 is 2.94 bits per heavy atom. The summed E-state index contributed by atoms with van der Waals surface area (Å²) >= 11 is 0. The number of hydrogen-bond acceptors (Lipinski definition) is 4. The molecule has 0 radical (unpaired) electrons. The highest BCUT2D eigenvalue weighted by Gasteiger charge is 2.10. The smallest absolute Gasteiger partial charge is 0.182 e. The molecule has 0 amide bonds. The van der Waals surface area contributed by atoms with Gasteiger partial charge in [-0.15, -0.1) is 0 Å². The second-order valence-electron chi connectivity index (χ2n) is 3.54. The number of hydrogen-bond donors (Lipinski definition) is 1. The number of aromatic nitrogens is 1. The first kappa shape index (κ1) is 8.91. The van der Waals surface area contributed by atoms with Gasteiger partial charge in [0, 0.05) is 6.07 Å². The maximum Gasteiger partial charge on any atom is 0.182 e. The molecule has 78 valence electrons. The van der Waals surface area contributed by atoms with Gasteiger partial charge in [0.1, 0.15) is 11.2 Å². The SMILES string of the molecule is Nc1cccc2nc3ccc(=O)cc-3oc12. The molecule has 0 aromatic heterocycles. The van der Waals surface area contributed by atoms with Crippen molar-refractivity contribution < 1.29 is 4.42 Å². The Morgan fingerprint density at radius 2 is 2.06 bits per heavy atom. The standard InChI is InChI=1S/C12H8N2O2/c13-8-2-1-3-10-12(8)16-11-6-7(15)4-5-9(11)14-10/h1-6H,13H2. The van der Waals surface area contributed by atoms with Crippen LogP contribution in [0.4, 0.5) is 5.69 Å². The third-order valence-corrected chi connectivity index (χ3v) is 2.41. The molecule has 16 heavy (non-hydrogen) atoms. The molecule has 0 saturated carbocycles. The maximum atomic E-state index is 11.2. The number of anilines is 1. The fourth-order valence-electron chi connectivity index (χ4n) is 1.65. The summed E-state index contributed by atoms with van der Waals surface area (Å²) in [6.07, 6.45) is 0. The molecule has 1 aliphatic carbocycles. The van der Waals surface area contributed by atoms with Crippen LogP contribution in [0.3, 0.4) is 0 Å². The molecule has 0 spiro atoms. The van der Waals surface area contributed by atoms with E-state index in [1.807, 2.05) is 12.1 Å². The molecule has 2 aliphatic rings. The van der Waals surface area contributed by atoms with E-state index in [2.05, 4.69) is 4.98 Å². The monoisotopic (exact) mass is 212 g/mol. The van der Waals surface area contributed by atoms with Crippen LogP contribution in [-0.4, -0.2) is 4.98 Å². The van der Waals surface area contributed by atoms with Gasteiger partial charge in [0.25, 0.3) is 0 Å². The van der Waals surface area contributed by atoms with Gasteiger partial charge in [-0.25, -0.2) is 4.98 Å². The zero-order valence-electron chi connectivity index (χ0n) is 8.31. The molecule has 0 unspecified atom stereocenters. The molecule has 0 saturated heterocycles. The number of nitrogens with zero attached hydrogens (tertiary/aromatic N) is 1. The predicted molar refractivity (Wildman–Crippen MR) is 61.3 cm³/mol. The van der Waals surface area contributed by atoms with Gasteiger partial charge in [0.15, 0.2) is 16.8 Å². The van der Waals surface area contributed by atoms with E-state index in [1.54, 1.807) is 12.1 Å². The molecule has 0 atom stereocenters. The first-order chi connectivity index (χ1) is 7.74. The number of rotatable bonds is 0. The highest BCUT2D eigenvalue weighted by Crippen LogP contribution is 2.26. The van der Waals surface area contributed by atoms with Gasteiger partial charge in [-0.05, 0) is 24.3 Å². The second-order valence-corrected chi connectivity index (χ2v) is 3.54. The van der Waals surface area contributed by atoms with E-state index in [-0.39, 0.29) is 5.43 Å². The van der Waals surface area contributed by atoms with Gasteiger partial charge in [0.2, 0.25) is 0 Å². The second kappa shape index (κ2) is 3.06. The fraction of sp³-hybridized carbons (Fsp3) is 0. The van der Waals surface area contributed by atoms with Gasteiger partial charge in [-0.1, -0.05) is 6.07 Å². The summed E-state index contributed by atoms with van der Waals surface area (Å²) in [5, 5.41) is 0. The number of fused-ring (bicyclic) bond motifs is 2. The molecule has 2 N–H and O–H groups in total. The zero-order chi connectivity index (χ0) is 11.1. The van der Waals surface area contributed by atoms with Crippen molar-refractivity contribution in [2.24, 2.45) is 0 Å². The lowest BCUT2D eigenvalue weighted by molar-refractivity contribution is 0.614. The molecular weight excluding hydrogens is 204 g/mol. The Balaban J connectivity index is 2.51. The summed E-state index contributed by atoms with van der Waals surface area (Å²) in [7, 11) is 0. The summed E-state index contributed by atoms with van der Waals surface area (Å²) in [5.41, 5.74) is 8.04. The van der Waals surface area contributed by atoms with E-state index in [9.17, 15) is 4.79 Å². The van der Waals surface area contributed by atoms with E-state index < -0.39 is 0 Å². The number of para-hydroxylation sites is 1. The van der Waals surface area contributed by atoms with Crippen LogP contribution >= 0.6 is 0 Å². The van der Waals surface area contributed by atoms with Crippen molar-refractivity contribution in [2.75, 3.05) is 5.73 Å². The van der Waals surface area contributed by atoms with E-state index in [1.165, 1.54) is 12.1 Å². The lowest BCUT2D eigenvalue weighted by Gasteiger charge is -2.06. The van der Waals surface area contributed by atoms with E-state index in [0.29, 0.717) is 28.2 Å². The first-order valence-corrected chi connectivity index (χ1v) is 4.83. The van der Waals surface area contributed by atoms with Crippen molar-refractivity contribution in [3.63, 3.8) is 0 Å². The molecule has 0 bridgehead atoms. The van der Waals surface area contributed by atoms with Crippen LogP contribution in [0.5, 0.6) is 0 Å². The average Bonchev–Trinajstić information content (AvgIpc) is 2.28. The Labute approximate surface area is 90.7 Å². The van der Waals surface area contributed by atoms with Crippen LogP contribution in [-0.2, 0) is 0 Å². The molecular formula is C12H8N2O2. The van der Waals surface area contributed by atoms with Crippen LogP contribution in [0.15, 0.2) is 45.6 Å². The van der Waals surface area contributed by atoms with Crippen LogP contribution in [0.2, 0.25) is 0 Å². The Kier molecular flexibility index (Phi) is 1.71. The third kappa shape index (κ3) is 1.24. The van der Waals surface area contributed by atoms with Crippen molar-refractivity contribution in [2.45, 2.75) is 0 Å². The quantitative estimate of drug-likeness (QED) is 0.456. The number of benzene rings is 2.